The lowest BCUT2D eigenvalue weighted by molar-refractivity contribution is 0.359. The second-order valence-electron chi connectivity index (χ2n) is 8.92. The second kappa shape index (κ2) is 10.8. The zero-order chi connectivity index (χ0) is 21.4. The van der Waals surface area contributed by atoms with Crippen molar-refractivity contribution < 1.29 is 0 Å². The van der Waals surface area contributed by atoms with E-state index in [-0.39, 0.29) is 5.41 Å². The molecule has 0 fully saturated rings. The molecule has 0 atom stereocenters. The number of hydrogen-bond donors (Lipinski definition) is 2. The van der Waals surface area contributed by atoms with Gasteiger partial charge in [0.2, 0.25) is 0 Å². The number of rotatable bonds is 8. The van der Waals surface area contributed by atoms with Crippen LogP contribution in [0.1, 0.15) is 56.7 Å². The van der Waals surface area contributed by atoms with Crippen molar-refractivity contribution in [3.05, 3.63) is 46.5 Å². The molecule has 0 saturated carbocycles. The summed E-state index contributed by atoms with van der Waals surface area (Å²) in [5.74, 6) is 3.13. The summed E-state index contributed by atoms with van der Waals surface area (Å²) in [4.78, 5) is 4.37. The molecule has 2 heterocycles. The van der Waals surface area contributed by atoms with E-state index in [2.05, 4.69) is 50.3 Å². The van der Waals surface area contributed by atoms with E-state index in [1.807, 2.05) is 25.2 Å². The Bertz CT molecular complexity index is 842. The number of halogens is 1. The maximum Gasteiger partial charge on any atom is 0.190 e. The minimum absolute atomic E-state index is 0.0847. The van der Waals surface area contributed by atoms with Crippen LogP contribution in [0, 0.1) is 5.41 Å². The maximum absolute atomic E-state index is 6.12. The van der Waals surface area contributed by atoms with Crippen molar-refractivity contribution in [1.82, 2.24) is 25.4 Å². The largest absolute Gasteiger partial charge is 0.356 e. The number of nitrogens with zero attached hydrogens (tertiary/aromatic N) is 4. The summed E-state index contributed by atoms with van der Waals surface area (Å²) in [6, 6.07) is 8.10. The second-order valence-corrected chi connectivity index (χ2v) is 9.36. The highest BCUT2D eigenvalue weighted by Crippen LogP contribution is 2.22. The Morgan fingerprint density at radius 3 is 2.87 bits per heavy atom. The van der Waals surface area contributed by atoms with Gasteiger partial charge in [-0.2, -0.15) is 0 Å². The van der Waals surface area contributed by atoms with Crippen molar-refractivity contribution in [1.29, 1.82) is 0 Å². The summed E-state index contributed by atoms with van der Waals surface area (Å²) in [5.41, 5.74) is 1.34. The fourth-order valence-corrected chi connectivity index (χ4v) is 4.20. The van der Waals surface area contributed by atoms with Gasteiger partial charge in [-0.05, 0) is 48.8 Å². The SMILES string of the molecule is CN=C(NCCCc1nnc2n1CCCCC2)NCC(C)(C)Cc1cccc(Cl)c1. The van der Waals surface area contributed by atoms with Crippen LogP contribution in [0.15, 0.2) is 29.3 Å². The molecule has 1 aromatic carbocycles. The third-order valence-electron chi connectivity index (χ3n) is 5.59. The molecule has 7 heteroatoms. The van der Waals surface area contributed by atoms with Crippen LogP contribution < -0.4 is 10.6 Å². The van der Waals surface area contributed by atoms with Crippen molar-refractivity contribution >= 4 is 17.6 Å². The zero-order valence-electron chi connectivity index (χ0n) is 18.5. The number of aryl methyl sites for hydroxylation is 2. The molecular weight excluding hydrogens is 396 g/mol. The molecule has 0 saturated heterocycles. The van der Waals surface area contributed by atoms with Gasteiger partial charge in [0.05, 0.1) is 0 Å². The minimum Gasteiger partial charge on any atom is -0.356 e. The van der Waals surface area contributed by atoms with Gasteiger partial charge in [-0.1, -0.05) is 44.0 Å². The predicted molar refractivity (Wildman–Crippen MR) is 124 cm³/mol. The van der Waals surface area contributed by atoms with Crippen LogP contribution in [0.4, 0.5) is 0 Å². The van der Waals surface area contributed by atoms with Crippen LogP contribution in [0.25, 0.3) is 0 Å². The van der Waals surface area contributed by atoms with Gasteiger partial charge in [0.15, 0.2) is 5.96 Å². The zero-order valence-corrected chi connectivity index (χ0v) is 19.3. The van der Waals surface area contributed by atoms with Gasteiger partial charge >= 0.3 is 0 Å². The third kappa shape index (κ3) is 6.73. The van der Waals surface area contributed by atoms with E-state index in [1.165, 1.54) is 24.8 Å². The van der Waals surface area contributed by atoms with Crippen molar-refractivity contribution in [2.24, 2.45) is 10.4 Å². The molecule has 0 bridgehead atoms. The van der Waals surface area contributed by atoms with Crippen LogP contribution in [0.3, 0.4) is 0 Å². The van der Waals surface area contributed by atoms with E-state index >= 15 is 0 Å². The van der Waals surface area contributed by atoms with Gasteiger partial charge < -0.3 is 15.2 Å². The van der Waals surface area contributed by atoms with E-state index in [9.17, 15) is 0 Å². The molecular formula is C23H35ClN6. The van der Waals surface area contributed by atoms with E-state index in [0.717, 1.165) is 67.9 Å². The van der Waals surface area contributed by atoms with E-state index in [4.69, 9.17) is 11.6 Å². The molecule has 0 aliphatic carbocycles. The molecule has 164 valence electrons. The number of fused-ring (bicyclic) bond motifs is 1. The van der Waals surface area contributed by atoms with Gasteiger partial charge in [-0.15, -0.1) is 10.2 Å². The van der Waals surface area contributed by atoms with E-state index in [1.54, 1.807) is 0 Å². The standard InChI is InChI=1S/C23H35ClN6/c1-23(2,16-18-9-7-10-19(24)15-18)17-27-22(25-3)26-13-8-12-21-29-28-20-11-5-4-6-14-30(20)21/h7,9-10,15H,4-6,8,11-14,16-17H2,1-3H3,(H2,25,26,27). The van der Waals surface area contributed by atoms with Crippen LogP contribution in [0.2, 0.25) is 5.02 Å². The first kappa shape index (κ1) is 22.6. The molecule has 0 unspecified atom stereocenters. The Morgan fingerprint density at radius 2 is 2.07 bits per heavy atom. The molecule has 0 radical (unpaired) electrons. The molecule has 1 aliphatic rings. The first-order chi connectivity index (χ1) is 14.5. The lowest BCUT2D eigenvalue weighted by Crippen LogP contribution is -2.43. The first-order valence-electron chi connectivity index (χ1n) is 11.1. The summed E-state index contributed by atoms with van der Waals surface area (Å²) in [7, 11) is 1.82. The highest BCUT2D eigenvalue weighted by Gasteiger charge is 2.19. The van der Waals surface area contributed by atoms with Crippen molar-refractivity contribution in [3.63, 3.8) is 0 Å². The predicted octanol–water partition coefficient (Wildman–Crippen LogP) is 4.02. The van der Waals surface area contributed by atoms with Crippen LogP contribution in [0.5, 0.6) is 0 Å². The van der Waals surface area contributed by atoms with Crippen LogP contribution in [-0.4, -0.2) is 40.9 Å². The highest BCUT2D eigenvalue weighted by atomic mass is 35.5. The van der Waals surface area contributed by atoms with Crippen molar-refractivity contribution in [2.45, 2.75) is 65.3 Å². The summed E-state index contributed by atoms with van der Waals surface area (Å²) >= 11 is 6.12. The monoisotopic (exact) mass is 430 g/mol. The number of guanidine groups is 1. The third-order valence-corrected chi connectivity index (χ3v) is 5.82. The number of hydrogen-bond acceptors (Lipinski definition) is 3. The van der Waals surface area contributed by atoms with E-state index in [0.29, 0.717) is 0 Å². The Balaban J connectivity index is 1.41. The lowest BCUT2D eigenvalue weighted by Gasteiger charge is -2.26. The van der Waals surface area contributed by atoms with Crippen LogP contribution in [-0.2, 0) is 25.8 Å². The van der Waals surface area contributed by atoms with Gasteiger partial charge in [-0.3, -0.25) is 4.99 Å². The van der Waals surface area contributed by atoms with Gasteiger partial charge in [0, 0.05) is 44.5 Å². The molecule has 6 nitrogen and oxygen atoms in total. The Labute approximate surface area is 185 Å². The number of benzene rings is 1. The number of aromatic nitrogens is 3. The summed E-state index contributed by atoms with van der Waals surface area (Å²) in [6.07, 6.45) is 7.72. The molecule has 30 heavy (non-hydrogen) atoms. The molecule has 0 spiro atoms. The molecule has 3 rings (SSSR count). The minimum atomic E-state index is 0.0847. The quantitative estimate of drug-likeness (QED) is 0.377. The Kier molecular flexibility index (Phi) is 8.14. The summed E-state index contributed by atoms with van der Waals surface area (Å²) < 4.78 is 2.33. The summed E-state index contributed by atoms with van der Waals surface area (Å²) in [6.45, 7) is 7.26. The number of nitrogens with one attached hydrogen (secondary N) is 2. The molecule has 1 aliphatic heterocycles. The maximum atomic E-state index is 6.12. The summed E-state index contributed by atoms with van der Waals surface area (Å²) in [5, 5.41) is 16.5. The average Bonchev–Trinajstić information content (AvgIpc) is 2.93. The average molecular weight is 431 g/mol. The molecule has 1 aromatic heterocycles. The van der Waals surface area contributed by atoms with Crippen LogP contribution >= 0.6 is 11.6 Å². The highest BCUT2D eigenvalue weighted by molar-refractivity contribution is 6.30. The fraction of sp³-hybridized carbons (Fsp3) is 0.609. The Hall–Kier alpha value is -2.08. The van der Waals surface area contributed by atoms with Gasteiger partial charge in [-0.25, -0.2) is 0 Å². The molecule has 2 aromatic rings. The van der Waals surface area contributed by atoms with Gasteiger partial charge in [0.1, 0.15) is 11.6 Å². The van der Waals surface area contributed by atoms with Gasteiger partial charge in [0.25, 0.3) is 0 Å². The molecule has 0 amide bonds. The smallest absolute Gasteiger partial charge is 0.190 e. The lowest BCUT2D eigenvalue weighted by atomic mass is 9.86. The fourth-order valence-electron chi connectivity index (χ4n) is 3.99. The first-order valence-corrected chi connectivity index (χ1v) is 11.4. The Morgan fingerprint density at radius 1 is 1.20 bits per heavy atom. The van der Waals surface area contributed by atoms with E-state index < -0.39 is 0 Å². The number of aliphatic imine (C=N–C) groups is 1. The molecule has 2 N–H and O–H groups in total. The topological polar surface area (TPSA) is 67.1 Å². The van der Waals surface area contributed by atoms with Crippen molar-refractivity contribution in [3.8, 4) is 0 Å². The van der Waals surface area contributed by atoms with Crippen molar-refractivity contribution in [2.75, 3.05) is 20.1 Å². The normalized spacial score (nSPS) is 14.9.